The highest BCUT2D eigenvalue weighted by Gasteiger charge is 2.48. The Hall–Kier alpha value is -1.92. The standard InChI is InChI=1S/C12H16N2O5/c15-9(13-5-10(16)17)6-14-11(18)7-3-1-2-4-8(7)12(14)19/h7-8H,1-6H2,(H,13,15)(H,16,17)/t7-,8+. The minimum absolute atomic E-state index is 0.284. The van der Waals surface area contributed by atoms with Crippen molar-refractivity contribution in [2.24, 2.45) is 11.8 Å². The van der Waals surface area contributed by atoms with Gasteiger partial charge in [0.15, 0.2) is 0 Å². The summed E-state index contributed by atoms with van der Waals surface area (Å²) < 4.78 is 0. The number of rotatable bonds is 4. The third-order valence-corrected chi connectivity index (χ3v) is 3.67. The Balaban J connectivity index is 1.96. The van der Waals surface area contributed by atoms with Crippen molar-refractivity contribution in [2.45, 2.75) is 25.7 Å². The number of imide groups is 1. The van der Waals surface area contributed by atoms with Crippen molar-refractivity contribution < 1.29 is 24.3 Å². The maximum atomic E-state index is 12.0. The molecule has 104 valence electrons. The van der Waals surface area contributed by atoms with Crippen LogP contribution in [0, 0.1) is 11.8 Å². The van der Waals surface area contributed by atoms with Gasteiger partial charge in [0.05, 0.1) is 11.8 Å². The Bertz CT molecular complexity index is 410. The zero-order chi connectivity index (χ0) is 14.0. The smallest absolute Gasteiger partial charge is 0.322 e. The molecule has 2 N–H and O–H groups in total. The van der Waals surface area contributed by atoms with E-state index in [4.69, 9.17) is 5.11 Å². The van der Waals surface area contributed by atoms with Crippen LogP contribution in [0.1, 0.15) is 25.7 Å². The second kappa shape index (κ2) is 5.38. The van der Waals surface area contributed by atoms with E-state index in [0.717, 1.165) is 17.7 Å². The molecule has 7 heteroatoms. The molecule has 7 nitrogen and oxygen atoms in total. The van der Waals surface area contributed by atoms with Gasteiger partial charge in [-0.05, 0) is 12.8 Å². The lowest BCUT2D eigenvalue weighted by Gasteiger charge is -2.19. The summed E-state index contributed by atoms with van der Waals surface area (Å²) in [4.78, 5) is 46.8. The minimum Gasteiger partial charge on any atom is -0.480 e. The van der Waals surface area contributed by atoms with Crippen molar-refractivity contribution in [1.82, 2.24) is 10.2 Å². The highest BCUT2D eigenvalue weighted by Crippen LogP contribution is 2.37. The summed E-state index contributed by atoms with van der Waals surface area (Å²) >= 11 is 0. The van der Waals surface area contributed by atoms with Gasteiger partial charge >= 0.3 is 5.97 Å². The van der Waals surface area contributed by atoms with Crippen LogP contribution in [0.2, 0.25) is 0 Å². The highest BCUT2D eigenvalue weighted by atomic mass is 16.4. The zero-order valence-corrected chi connectivity index (χ0v) is 10.4. The first-order valence-electron chi connectivity index (χ1n) is 6.34. The first-order chi connectivity index (χ1) is 9.00. The largest absolute Gasteiger partial charge is 0.480 e. The predicted octanol–water partition coefficient (Wildman–Crippen LogP) is -0.638. The van der Waals surface area contributed by atoms with Crippen LogP contribution in [-0.2, 0) is 19.2 Å². The van der Waals surface area contributed by atoms with Gasteiger partial charge < -0.3 is 10.4 Å². The van der Waals surface area contributed by atoms with Crippen molar-refractivity contribution in [3.63, 3.8) is 0 Å². The van der Waals surface area contributed by atoms with E-state index in [1.165, 1.54) is 0 Å². The molecule has 0 radical (unpaired) electrons. The quantitative estimate of drug-likeness (QED) is 0.660. The van der Waals surface area contributed by atoms with Crippen LogP contribution in [0.4, 0.5) is 0 Å². The molecule has 1 aliphatic carbocycles. The number of likely N-dealkylation sites (tertiary alicyclic amines) is 1. The lowest BCUT2D eigenvalue weighted by atomic mass is 9.81. The molecule has 2 aliphatic rings. The van der Waals surface area contributed by atoms with E-state index >= 15 is 0 Å². The predicted molar refractivity (Wildman–Crippen MR) is 62.8 cm³/mol. The summed E-state index contributed by atoms with van der Waals surface area (Å²) in [5.41, 5.74) is 0. The summed E-state index contributed by atoms with van der Waals surface area (Å²) in [5.74, 6) is -2.94. The normalized spacial score (nSPS) is 26.2. The first-order valence-corrected chi connectivity index (χ1v) is 6.34. The lowest BCUT2D eigenvalue weighted by Crippen LogP contribution is -2.42. The van der Waals surface area contributed by atoms with Crippen molar-refractivity contribution in [3.05, 3.63) is 0 Å². The van der Waals surface area contributed by atoms with Gasteiger partial charge in [-0.2, -0.15) is 0 Å². The van der Waals surface area contributed by atoms with E-state index in [0.29, 0.717) is 12.8 Å². The number of nitrogens with zero attached hydrogens (tertiary/aromatic N) is 1. The molecule has 0 aromatic carbocycles. The fourth-order valence-corrected chi connectivity index (χ4v) is 2.76. The summed E-state index contributed by atoms with van der Waals surface area (Å²) in [7, 11) is 0. The number of nitrogens with one attached hydrogen (secondary N) is 1. The Morgan fingerprint density at radius 3 is 2.16 bits per heavy atom. The average Bonchev–Trinajstić information content (AvgIpc) is 2.62. The van der Waals surface area contributed by atoms with E-state index in [2.05, 4.69) is 5.32 Å². The molecule has 2 fully saturated rings. The third kappa shape index (κ3) is 2.74. The molecule has 1 aliphatic heterocycles. The van der Waals surface area contributed by atoms with Crippen molar-refractivity contribution in [1.29, 1.82) is 0 Å². The Kier molecular flexibility index (Phi) is 3.82. The highest BCUT2D eigenvalue weighted by molar-refractivity contribution is 6.07. The maximum absolute atomic E-state index is 12.0. The number of aliphatic carboxylic acids is 1. The third-order valence-electron chi connectivity index (χ3n) is 3.67. The van der Waals surface area contributed by atoms with Crippen molar-refractivity contribution in [2.75, 3.05) is 13.1 Å². The van der Waals surface area contributed by atoms with Gasteiger partial charge in [-0.1, -0.05) is 12.8 Å². The first kappa shape index (κ1) is 13.5. The topological polar surface area (TPSA) is 104 Å². The van der Waals surface area contributed by atoms with Gasteiger partial charge in [-0.15, -0.1) is 0 Å². The molecule has 3 amide bonds. The molecule has 0 aromatic rings. The molecule has 0 unspecified atom stereocenters. The Morgan fingerprint density at radius 1 is 1.16 bits per heavy atom. The van der Waals surface area contributed by atoms with E-state index < -0.39 is 18.4 Å². The van der Waals surface area contributed by atoms with E-state index in [9.17, 15) is 19.2 Å². The van der Waals surface area contributed by atoms with Gasteiger partial charge in [0.1, 0.15) is 13.1 Å². The summed E-state index contributed by atoms with van der Waals surface area (Å²) in [6.45, 7) is -0.889. The van der Waals surface area contributed by atoms with Gasteiger partial charge in [0.25, 0.3) is 0 Å². The minimum atomic E-state index is -1.17. The fourth-order valence-electron chi connectivity index (χ4n) is 2.76. The second-order valence-corrected chi connectivity index (χ2v) is 4.93. The molecule has 0 bridgehead atoms. The number of hydrogen-bond donors (Lipinski definition) is 2. The SMILES string of the molecule is O=C(O)CNC(=O)CN1C(=O)[C@H]2CCCC[C@H]2C1=O. The average molecular weight is 268 g/mol. The van der Waals surface area contributed by atoms with Gasteiger partial charge in [0, 0.05) is 0 Å². The number of carboxylic acids is 1. The molecule has 1 heterocycles. The molecule has 2 atom stereocenters. The zero-order valence-electron chi connectivity index (χ0n) is 10.4. The van der Waals surface area contributed by atoms with Crippen LogP contribution < -0.4 is 5.32 Å². The number of amides is 3. The monoisotopic (exact) mass is 268 g/mol. The maximum Gasteiger partial charge on any atom is 0.322 e. The molecule has 1 saturated heterocycles. The molecule has 1 saturated carbocycles. The van der Waals surface area contributed by atoms with Crippen LogP contribution in [-0.4, -0.2) is 46.8 Å². The number of carboxylic acid groups (broad SMARTS) is 1. The Labute approximate surface area is 109 Å². The Morgan fingerprint density at radius 2 is 1.68 bits per heavy atom. The summed E-state index contributed by atoms with van der Waals surface area (Å²) in [6, 6.07) is 0. The van der Waals surface area contributed by atoms with Crippen molar-refractivity contribution >= 4 is 23.7 Å². The van der Waals surface area contributed by atoms with Crippen LogP contribution in [0.5, 0.6) is 0 Å². The molecular formula is C12H16N2O5. The van der Waals surface area contributed by atoms with Gasteiger partial charge in [0.2, 0.25) is 17.7 Å². The molecule has 2 rings (SSSR count). The summed E-state index contributed by atoms with van der Waals surface area (Å²) in [5, 5.41) is 10.6. The number of hydrogen-bond acceptors (Lipinski definition) is 4. The van der Waals surface area contributed by atoms with Crippen LogP contribution >= 0.6 is 0 Å². The molecule has 0 spiro atoms. The summed E-state index contributed by atoms with van der Waals surface area (Å²) in [6.07, 6.45) is 3.25. The van der Waals surface area contributed by atoms with E-state index in [1.807, 2.05) is 0 Å². The number of carbonyl (C=O) groups excluding carboxylic acids is 3. The fraction of sp³-hybridized carbons (Fsp3) is 0.667. The molecular weight excluding hydrogens is 252 g/mol. The second-order valence-electron chi connectivity index (χ2n) is 4.93. The van der Waals surface area contributed by atoms with Crippen LogP contribution in [0.25, 0.3) is 0 Å². The number of fused-ring (bicyclic) bond motifs is 1. The van der Waals surface area contributed by atoms with E-state index in [-0.39, 0.29) is 30.2 Å². The molecule has 19 heavy (non-hydrogen) atoms. The van der Waals surface area contributed by atoms with E-state index in [1.54, 1.807) is 0 Å². The van der Waals surface area contributed by atoms with Crippen LogP contribution in [0.3, 0.4) is 0 Å². The lowest BCUT2D eigenvalue weighted by molar-refractivity contribution is -0.144. The van der Waals surface area contributed by atoms with Gasteiger partial charge in [-0.25, -0.2) is 0 Å². The van der Waals surface area contributed by atoms with Crippen molar-refractivity contribution in [3.8, 4) is 0 Å². The molecule has 0 aromatic heterocycles. The van der Waals surface area contributed by atoms with Gasteiger partial charge in [-0.3, -0.25) is 24.1 Å². The number of carbonyl (C=O) groups is 4. The van der Waals surface area contributed by atoms with Crippen LogP contribution in [0.15, 0.2) is 0 Å².